The highest BCUT2D eigenvalue weighted by Gasteiger charge is 2.27. The average molecular weight is 311 g/mol. The van der Waals surface area contributed by atoms with E-state index in [-0.39, 0.29) is 12.5 Å². The summed E-state index contributed by atoms with van der Waals surface area (Å²) < 4.78 is 0. The third kappa shape index (κ3) is 4.42. The van der Waals surface area contributed by atoms with Crippen LogP contribution in [-0.2, 0) is 10.4 Å². The number of carbonyl (C=O) groups is 1. The van der Waals surface area contributed by atoms with Gasteiger partial charge in [-0.25, -0.2) is 0 Å². The second-order valence-corrected chi connectivity index (χ2v) is 7.15. The lowest BCUT2D eigenvalue weighted by molar-refractivity contribution is -0.129. The van der Waals surface area contributed by atoms with E-state index in [1.807, 2.05) is 63.2 Å². The van der Waals surface area contributed by atoms with Crippen LogP contribution in [0.25, 0.3) is 11.1 Å². The molecule has 0 aromatic heterocycles. The van der Waals surface area contributed by atoms with Gasteiger partial charge in [-0.2, -0.15) is 0 Å². The molecular weight excluding hydrogens is 286 g/mol. The minimum absolute atomic E-state index is 0.0707. The van der Waals surface area contributed by atoms with Crippen molar-refractivity contribution in [2.75, 3.05) is 6.54 Å². The number of nitrogens with one attached hydrogen (secondary N) is 1. The molecule has 2 aromatic rings. The fraction of sp³-hybridized carbons (Fsp3) is 0.350. The fourth-order valence-electron chi connectivity index (χ4n) is 2.27. The molecule has 0 radical (unpaired) electrons. The summed E-state index contributed by atoms with van der Waals surface area (Å²) in [5.41, 5.74) is 1.46. The molecule has 0 saturated heterocycles. The molecule has 2 aromatic carbocycles. The summed E-state index contributed by atoms with van der Waals surface area (Å²) in [7, 11) is 0. The Balaban J connectivity index is 2.10. The molecule has 1 atom stereocenters. The second-order valence-electron chi connectivity index (χ2n) is 7.15. The van der Waals surface area contributed by atoms with Crippen molar-refractivity contribution in [3.8, 4) is 11.1 Å². The highest BCUT2D eigenvalue weighted by molar-refractivity contribution is 5.81. The Labute approximate surface area is 138 Å². The molecule has 122 valence electrons. The molecule has 2 N–H and O–H groups in total. The maximum atomic E-state index is 12.0. The smallest absolute Gasteiger partial charge is 0.225 e. The summed E-state index contributed by atoms with van der Waals surface area (Å²) in [4.78, 5) is 12.0. The Kier molecular flexibility index (Phi) is 4.90. The molecule has 23 heavy (non-hydrogen) atoms. The maximum Gasteiger partial charge on any atom is 0.225 e. The number of hydrogen-bond acceptors (Lipinski definition) is 2. The molecule has 0 aliphatic carbocycles. The number of amides is 1. The van der Waals surface area contributed by atoms with Crippen molar-refractivity contribution >= 4 is 5.91 Å². The predicted molar refractivity (Wildman–Crippen MR) is 93.9 cm³/mol. The number of hydrogen-bond donors (Lipinski definition) is 2. The lowest BCUT2D eigenvalue weighted by Gasteiger charge is -2.27. The van der Waals surface area contributed by atoms with Crippen LogP contribution in [0.2, 0.25) is 0 Å². The van der Waals surface area contributed by atoms with Crippen molar-refractivity contribution in [3.63, 3.8) is 0 Å². The van der Waals surface area contributed by atoms with Gasteiger partial charge in [-0.3, -0.25) is 4.79 Å². The van der Waals surface area contributed by atoms with Gasteiger partial charge in [-0.05, 0) is 23.6 Å². The molecule has 0 fully saturated rings. The summed E-state index contributed by atoms with van der Waals surface area (Å²) >= 11 is 0. The Morgan fingerprint density at radius 3 is 1.96 bits per heavy atom. The SMILES string of the molecule is CC(C)(C)C(=O)NCC(C)(O)c1ccc(-c2ccccc2)cc1. The maximum absolute atomic E-state index is 12.0. The summed E-state index contributed by atoms with van der Waals surface area (Å²) in [6, 6.07) is 17.9. The Bertz CT molecular complexity index is 652. The monoisotopic (exact) mass is 311 g/mol. The van der Waals surface area contributed by atoms with E-state index in [0.29, 0.717) is 0 Å². The first-order valence-corrected chi connectivity index (χ1v) is 7.87. The van der Waals surface area contributed by atoms with Crippen LogP contribution in [0.4, 0.5) is 0 Å². The Hall–Kier alpha value is -2.13. The molecule has 0 spiro atoms. The van der Waals surface area contributed by atoms with Gasteiger partial charge in [0.1, 0.15) is 5.60 Å². The molecule has 0 aliphatic rings. The van der Waals surface area contributed by atoms with Crippen molar-refractivity contribution in [2.45, 2.75) is 33.3 Å². The van der Waals surface area contributed by atoms with E-state index in [2.05, 4.69) is 17.4 Å². The Morgan fingerprint density at radius 1 is 0.913 bits per heavy atom. The minimum atomic E-state index is -1.10. The van der Waals surface area contributed by atoms with Crippen molar-refractivity contribution < 1.29 is 9.90 Å². The molecule has 3 nitrogen and oxygen atoms in total. The predicted octanol–water partition coefficient (Wildman–Crippen LogP) is 3.72. The number of carbonyl (C=O) groups excluding carboxylic acids is 1. The topological polar surface area (TPSA) is 49.3 Å². The molecule has 0 saturated carbocycles. The second kappa shape index (κ2) is 6.55. The number of benzene rings is 2. The van der Waals surface area contributed by atoms with Crippen LogP contribution in [0, 0.1) is 5.41 Å². The lowest BCUT2D eigenvalue weighted by Crippen LogP contribution is -2.43. The van der Waals surface area contributed by atoms with Gasteiger partial charge in [0, 0.05) is 5.41 Å². The fourth-order valence-corrected chi connectivity index (χ4v) is 2.27. The van der Waals surface area contributed by atoms with Crippen LogP contribution in [0.5, 0.6) is 0 Å². The standard InChI is InChI=1S/C20H25NO2/c1-19(2,3)18(22)21-14-20(4,23)17-12-10-16(11-13-17)15-8-6-5-7-9-15/h5-13,23H,14H2,1-4H3,(H,21,22). The molecule has 1 amide bonds. The van der Waals surface area contributed by atoms with Crippen molar-refractivity contribution in [1.29, 1.82) is 0 Å². The van der Waals surface area contributed by atoms with E-state index < -0.39 is 11.0 Å². The van der Waals surface area contributed by atoms with Crippen LogP contribution in [-0.4, -0.2) is 17.6 Å². The van der Waals surface area contributed by atoms with Crippen molar-refractivity contribution in [2.24, 2.45) is 5.41 Å². The Morgan fingerprint density at radius 2 is 1.43 bits per heavy atom. The summed E-state index contributed by atoms with van der Waals surface area (Å²) in [6.45, 7) is 7.46. The summed E-state index contributed by atoms with van der Waals surface area (Å²) in [6.07, 6.45) is 0. The van der Waals surface area contributed by atoms with Crippen LogP contribution in [0.1, 0.15) is 33.3 Å². The molecule has 3 heteroatoms. The van der Waals surface area contributed by atoms with Gasteiger partial charge in [0.05, 0.1) is 6.54 Å². The van der Waals surface area contributed by atoms with E-state index in [1.54, 1.807) is 6.92 Å². The summed E-state index contributed by atoms with van der Waals surface area (Å²) in [5, 5.41) is 13.5. The highest BCUT2D eigenvalue weighted by atomic mass is 16.3. The average Bonchev–Trinajstić information content (AvgIpc) is 2.53. The molecular formula is C20H25NO2. The zero-order valence-electron chi connectivity index (χ0n) is 14.3. The third-order valence-corrected chi connectivity index (χ3v) is 3.89. The van der Waals surface area contributed by atoms with Crippen molar-refractivity contribution in [1.82, 2.24) is 5.32 Å². The highest BCUT2D eigenvalue weighted by Crippen LogP contribution is 2.25. The van der Waals surface area contributed by atoms with Crippen LogP contribution in [0.3, 0.4) is 0 Å². The van der Waals surface area contributed by atoms with Crippen LogP contribution in [0.15, 0.2) is 54.6 Å². The van der Waals surface area contributed by atoms with E-state index in [1.165, 1.54) is 0 Å². The molecule has 0 aliphatic heterocycles. The van der Waals surface area contributed by atoms with Gasteiger partial charge < -0.3 is 10.4 Å². The largest absolute Gasteiger partial charge is 0.384 e. The zero-order valence-corrected chi connectivity index (χ0v) is 14.3. The van der Waals surface area contributed by atoms with Crippen molar-refractivity contribution in [3.05, 3.63) is 60.2 Å². The summed E-state index contributed by atoms with van der Waals surface area (Å²) in [5.74, 6) is -0.0707. The molecule has 0 heterocycles. The first kappa shape index (κ1) is 17.2. The lowest BCUT2D eigenvalue weighted by atomic mass is 9.92. The first-order chi connectivity index (χ1) is 10.7. The quantitative estimate of drug-likeness (QED) is 0.904. The van der Waals surface area contributed by atoms with E-state index in [4.69, 9.17) is 0 Å². The number of aliphatic hydroxyl groups is 1. The van der Waals surface area contributed by atoms with Gasteiger partial charge in [0.15, 0.2) is 0 Å². The van der Waals surface area contributed by atoms with Gasteiger partial charge in [-0.15, -0.1) is 0 Å². The normalized spacial score (nSPS) is 14.1. The van der Waals surface area contributed by atoms with Gasteiger partial charge in [-0.1, -0.05) is 75.4 Å². The minimum Gasteiger partial charge on any atom is -0.384 e. The number of rotatable bonds is 4. The van der Waals surface area contributed by atoms with E-state index in [0.717, 1.165) is 16.7 Å². The van der Waals surface area contributed by atoms with Gasteiger partial charge >= 0.3 is 0 Å². The molecule has 2 rings (SSSR count). The molecule has 0 bridgehead atoms. The third-order valence-electron chi connectivity index (χ3n) is 3.89. The van der Waals surface area contributed by atoms with Gasteiger partial charge in [0.2, 0.25) is 5.91 Å². The van der Waals surface area contributed by atoms with Gasteiger partial charge in [0.25, 0.3) is 0 Å². The van der Waals surface area contributed by atoms with Crippen LogP contribution < -0.4 is 5.32 Å². The molecule has 1 unspecified atom stereocenters. The first-order valence-electron chi connectivity index (χ1n) is 7.87. The van der Waals surface area contributed by atoms with Crippen LogP contribution >= 0.6 is 0 Å². The van der Waals surface area contributed by atoms with E-state index in [9.17, 15) is 9.90 Å². The zero-order chi connectivity index (χ0) is 17.1. The van der Waals surface area contributed by atoms with E-state index >= 15 is 0 Å².